The molecule has 0 radical (unpaired) electrons. The molecule has 1 amide bonds. The van der Waals surface area contributed by atoms with Crippen molar-refractivity contribution in [2.24, 2.45) is 5.92 Å². The molecule has 1 unspecified atom stereocenters. The van der Waals surface area contributed by atoms with Crippen molar-refractivity contribution in [2.45, 2.75) is 40.2 Å². The van der Waals surface area contributed by atoms with Gasteiger partial charge in [0, 0.05) is 18.7 Å². The molecule has 0 saturated heterocycles. The zero-order chi connectivity index (χ0) is 17.4. The summed E-state index contributed by atoms with van der Waals surface area (Å²) in [6, 6.07) is 6.98. The zero-order valence-corrected chi connectivity index (χ0v) is 14.2. The zero-order valence-electron chi connectivity index (χ0n) is 14.2. The maximum absolute atomic E-state index is 12.4. The fraction of sp³-hybridized carbons (Fsp3) is 0.500. The van der Waals surface area contributed by atoms with Gasteiger partial charge in [0.2, 0.25) is 5.91 Å². The molecule has 0 heterocycles. The van der Waals surface area contributed by atoms with Crippen LogP contribution in [0, 0.1) is 31.1 Å². The topological polar surface area (TPSA) is 79.2 Å². The number of benzene rings is 1. The molecule has 1 N–H and O–H groups in total. The third kappa shape index (κ3) is 5.84. The monoisotopic (exact) mass is 316 g/mol. The first-order valence-electron chi connectivity index (χ1n) is 7.77. The molecule has 0 aliphatic heterocycles. The highest BCUT2D eigenvalue weighted by atomic mass is 16.5. The second-order valence-corrected chi connectivity index (χ2v) is 5.79. The summed E-state index contributed by atoms with van der Waals surface area (Å²) in [4.78, 5) is 24.4. The lowest BCUT2D eigenvalue weighted by Crippen LogP contribution is -2.35. The van der Waals surface area contributed by atoms with E-state index in [1.54, 1.807) is 18.2 Å². The van der Waals surface area contributed by atoms with Crippen LogP contribution < -0.4 is 5.32 Å². The van der Waals surface area contributed by atoms with E-state index in [4.69, 9.17) is 4.74 Å². The Morgan fingerprint density at radius 2 is 1.96 bits per heavy atom. The van der Waals surface area contributed by atoms with Crippen LogP contribution in [0.3, 0.4) is 0 Å². The summed E-state index contributed by atoms with van der Waals surface area (Å²) in [6.07, 6.45) is 0.781. The predicted molar refractivity (Wildman–Crippen MR) is 88.1 cm³/mol. The van der Waals surface area contributed by atoms with Gasteiger partial charge in [-0.05, 0) is 51.3 Å². The number of hydrogen-bond donors (Lipinski definition) is 1. The fourth-order valence-electron chi connectivity index (χ4n) is 2.00. The van der Waals surface area contributed by atoms with Crippen LogP contribution in [0.15, 0.2) is 18.2 Å². The van der Waals surface area contributed by atoms with Gasteiger partial charge >= 0.3 is 0 Å². The van der Waals surface area contributed by atoms with Crippen molar-refractivity contribution < 1.29 is 14.3 Å². The van der Waals surface area contributed by atoms with Gasteiger partial charge in [0.25, 0.3) is 0 Å². The molecule has 23 heavy (non-hydrogen) atoms. The lowest BCUT2D eigenvalue weighted by Gasteiger charge is -2.11. The van der Waals surface area contributed by atoms with Gasteiger partial charge in [-0.3, -0.25) is 9.59 Å². The SMILES string of the molecule is Cc1ccc(C(=O)C(C#N)C(=O)NCCCOC(C)C)cc1C. The minimum atomic E-state index is -1.32. The Kier molecular flexibility index (Phi) is 7.43. The molecular formula is C18H24N2O3. The van der Waals surface area contributed by atoms with Gasteiger partial charge in [-0.15, -0.1) is 0 Å². The van der Waals surface area contributed by atoms with Gasteiger partial charge in [0.15, 0.2) is 11.7 Å². The number of rotatable bonds is 8. The standard InChI is InChI=1S/C18H24N2O3/c1-12(2)23-9-5-8-20-18(22)16(11-19)17(21)15-7-6-13(3)14(4)10-15/h6-7,10,12,16H,5,8-9H2,1-4H3,(H,20,22). The molecule has 0 spiro atoms. The first-order chi connectivity index (χ1) is 10.9. The quantitative estimate of drug-likeness (QED) is 0.454. The van der Waals surface area contributed by atoms with Gasteiger partial charge in [-0.2, -0.15) is 5.26 Å². The third-order valence-corrected chi connectivity index (χ3v) is 3.52. The van der Waals surface area contributed by atoms with Gasteiger partial charge < -0.3 is 10.1 Å². The Morgan fingerprint density at radius 1 is 1.26 bits per heavy atom. The van der Waals surface area contributed by atoms with Crippen molar-refractivity contribution in [2.75, 3.05) is 13.2 Å². The number of Topliss-reactive ketones (excluding diaryl/α,β-unsaturated/α-hetero) is 1. The first-order valence-corrected chi connectivity index (χ1v) is 7.77. The van der Waals surface area contributed by atoms with E-state index in [2.05, 4.69) is 5.32 Å². The number of ether oxygens (including phenoxy) is 1. The lowest BCUT2D eigenvalue weighted by atomic mass is 9.95. The van der Waals surface area contributed by atoms with Gasteiger partial charge in [0.05, 0.1) is 12.2 Å². The molecule has 1 atom stereocenters. The van der Waals surface area contributed by atoms with Crippen LogP contribution in [0.2, 0.25) is 0 Å². The second-order valence-electron chi connectivity index (χ2n) is 5.79. The highest BCUT2D eigenvalue weighted by Gasteiger charge is 2.27. The van der Waals surface area contributed by atoms with Crippen LogP contribution in [0.1, 0.15) is 41.8 Å². The molecule has 5 heteroatoms. The van der Waals surface area contributed by atoms with Gasteiger partial charge in [0.1, 0.15) is 0 Å². The number of hydrogen-bond acceptors (Lipinski definition) is 4. The number of carbonyl (C=O) groups excluding carboxylic acids is 2. The number of ketones is 1. The third-order valence-electron chi connectivity index (χ3n) is 3.52. The molecule has 0 bridgehead atoms. The van der Waals surface area contributed by atoms with Crippen LogP contribution in [0.25, 0.3) is 0 Å². The molecule has 1 aromatic carbocycles. The summed E-state index contributed by atoms with van der Waals surface area (Å²) in [5.41, 5.74) is 2.40. The molecule has 1 aromatic rings. The molecule has 5 nitrogen and oxygen atoms in total. The van der Waals surface area contributed by atoms with E-state index in [9.17, 15) is 14.9 Å². The van der Waals surface area contributed by atoms with E-state index < -0.39 is 17.6 Å². The summed E-state index contributed by atoms with van der Waals surface area (Å²) in [5, 5.41) is 11.8. The Morgan fingerprint density at radius 3 is 2.52 bits per heavy atom. The smallest absolute Gasteiger partial charge is 0.245 e. The van der Waals surface area contributed by atoms with Crippen molar-refractivity contribution in [3.05, 3.63) is 34.9 Å². The molecule has 0 fully saturated rings. The normalized spacial score (nSPS) is 11.8. The average Bonchev–Trinajstić information content (AvgIpc) is 2.50. The maximum Gasteiger partial charge on any atom is 0.245 e. The summed E-state index contributed by atoms with van der Waals surface area (Å²) in [7, 11) is 0. The predicted octanol–water partition coefficient (Wildman–Crippen LogP) is 2.56. The van der Waals surface area contributed by atoms with E-state index in [0.29, 0.717) is 25.1 Å². The van der Waals surface area contributed by atoms with Crippen molar-refractivity contribution in [3.63, 3.8) is 0 Å². The van der Waals surface area contributed by atoms with Crippen LogP contribution in [-0.4, -0.2) is 30.9 Å². The van der Waals surface area contributed by atoms with Crippen LogP contribution in [0.4, 0.5) is 0 Å². The summed E-state index contributed by atoms with van der Waals surface area (Å²) < 4.78 is 5.37. The number of amides is 1. The Balaban J connectivity index is 2.61. The van der Waals surface area contributed by atoms with E-state index >= 15 is 0 Å². The van der Waals surface area contributed by atoms with E-state index in [1.807, 2.05) is 33.8 Å². The second kappa shape index (κ2) is 9.06. The molecule has 0 aromatic heterocycles. The number of nitrogens with zero attached hydrogens (tertiary/aromatic N) is 1. The van der Waals surface area contributed by atoms with E-state index in [-0.39, 0.29) is 6.10 Å². The fourth-order valence-corrected chi connectivity index (χ4v) is 2.00. The molecule has 0 aliphatic carbocycles. The Hall–Kier alpha value is -2.19. The molecular weight excluding hydrogens is 292 g/mol. The van der Waals surface area contributed by atoms with Crippen molar-refractivity contribution in [1.82, 2.24) is 5.32 Å². The molecule has 1 rings (SSSR count). The average molecular weight is 316 g/mol. The van der Waals surface area contributed by atoms with Gasteiger partial charge in [-0.1, -0.05) is 12.1 Å². The van der Waals surface area contributed by atoms with E-state index in [1.165, 1.54) is 0 Å². The summed E-state index contributed by atoms with van der Waals surface area (Å²) in [6.45, 7) is 8.61. The molecule has 0 aliphatic rings. The highest BCUT2D eigenvalue weighted by molar-refractivity contribution is 6.12. The largest absolute Gasteiger partial charge is 0.379 e. The molecule has 0 saturated carbocycles. The first kappa shape index (κ1) is 18.9. The number of nitrogens with one attached hydrogen (secondary N) is 1. The van der Waals surface area contributed by atoms with E-state index in [0.717, 1.165) is 11.1 Å². The number of aryl methyl sites for hydroxylation is 2. The van der Waals surface area contributed by atoms with Crippen molar-refractivity contribution >= 4 is 11.7 Å². The number of carbonyl (C=O) groups is 2. The summed E-state index contributed by atoms with van der Waals surface area (Å²) >= 11 is 0. The number of nitriles is 1. The van der Waals surface area contributed by atoms with Crippen LogP contribution in [-0.2, 0) is 9.53 Å². The molecule has 124 valence electrons. The lowest BCUT2D eigenvalue weighted by molar-refractivity contribution is -0.122. The van der Waals surface area contributed by atoms with Crippen LogP contribution in [0.5, 0.6) is 0 Å². The summed E-state index contributed by atoms with van der Waals surface area (Å²) in [5.74, 6) is -2.34. The van der Waals surface area contributed by atoms with Crippen molar-refractivity contribution in [1.29, 1.82) is 5.26 Å². The van der Waals surface area contributed by atoms with Gasteiger partial charge in [-0.25, -0.2) is 0 Å². The Bertz CT molecular complexity index is 603. The van der Waals surface area contributed by atoms with Crippen LogP contribution >= 0.6 is 0 Å². The minimum absolute atomic E-state index is 0.143. The highest BCUT2D eigenvalue weighted by Crippen LogP contribution is 2.14. The maximum atomic E-state index is 12.4. The minimum Gasteiger partial charge on any atom is -0.379 e. The Labute approximate surface area is 137 Å². The van der Waals surface area contributed by atoms with Crippen molar-refractivity contribution in [3.8, 4) is 6.07 Å².